The number of anilines is 1. The topological polar surface area (TPSA) is 42.0 Å². The van der Waals surface area contributed by atoms with Gasteiger partial charge in [-0.3, -0.25) is 9.69 Å². The average Bonchev–Trinajstić information content (AvgIpc) is 3.05. The van der Waals surface area contributed by atoms with E-state index in [0.717, 1.165) is 36.8 Å². The Kier molecular flexibility index (Phi) is 7.50. The van der Waals surface area contributed by atoms with Gasteiger partial charge in [0, 0.05) is 28.9 Å². The van der Waals surface area contributed by atoms with E-state index in [1.807, 2.05) is 30.3 Å². The van der Waals surface area contributed by atoms with E-state index in [1.165, 1.54) is 12.8 Å². The minimum absolute atomic E-state index is 0. The number of halogens is 2. The molecule has 0 unspecified atom stereocenters. The molecule has 0 bridgehead atoms. The molecule has 1 amide bonds. The zero-order chi connectivity index (χ0) is 20.4. The van der Waals surface area contributed by atoms with Crippen molar-refractivity contribution in [3.05, 3.63) is 52.5 Å². The molecule has 0 radical (unpaired) electrons. The van der Waals surface area contributed by atoms with Crippen LogP contribution in [0.15, 0.2) is 36.4 Å². The lowest BCUT2D eigenvalue weighted by Crippen LogP contribution is -2.35. The Balaban J connectivity index is 0.00000256. The van der Waals surface area contributed by atoms with Gasteiger partial charge in [0.15, 0.2) is 11.5 Å². The highest BCUT2D eigenvalue weighted by Crippen LogP contribution is 2.36. The standard InChI is InChI=1S/C23H27ClN2O3.ClH/c1-16-7-9-25(10-8-16)11-12-29-22-14-19(5-6-21(22)28-2)26-15-17-3-4-18(24)13-20(17)23(26)27;/h3-6,13-14,16H,7-12,15H2,1-2H3;1H. The Morgan fingerprint density at radius 1 is 1.10 bits per heavy atom. The van der Waals surface area contributed by atoms with E-state index in [9.17, 15) is 4.79 Å². The van der Waals surface area contributed by atoms with Crippen LogP contribution in [0.25, 0.3) is 0 Å². The maximum absolute atomic E-state index is 12.9. The molecule has 0 atom stereocenters. The van der Waals surface area contributed by atoms with Crippen LogP contribution in [-0.2, 0) is 6.54 Å². The molecule has 2 aromatic rings. The van der Waals surface area contributed by atoms with Gasteiger partial charge in [-0.05, 0) is 61.7 Å². The average molecular weight is 451 g/mol. The van der Waals surface area contributed by atoms with E-state index in [0.29, 0.717) is 35.2 Å². The third kappa shape index (κ3) is 4.85. The van der Waals surface area contributed by atoms with E-state index in [4.69, 9.17) is 21.1 Å². The van der Waals surface area contributed by atoms with Gasteiger partial charge >= 0.3 is 0 Å². The fourth-order valence-electron chi connectivity index (χ4n) is 4.00. The number of carbonyl (C=O) groups is 1. The number of hydrogen-bond donors (Lipinski definition) is 0. The summed E-state index contributed by atoms with van der Waals surface area (Å²) in [4.78, 5) is 17.0. The lowest BCUT2D eigenvalue weighted by atomic mass is 9.99. The zero-order valence-electron chi connectivity index (χ0n) is 17.4. The Morgan fingerprint density at radius 3 is 2.60 bits per heavy atom. The summed E-state index contributed by atoms with van der Waals surface area (Å²) in [6.45, 7) is 6.60. The molecule has 0 spiro atoms. The normalized spacial score (nSPS) is 16.9. The molecule has 2 aromatic carbocycles. The monoisotopic (exact) mass is 450 g/mol. The van der Waals surface area contributed by atoms with Gasteiger partial charge < -0.3 is 14.4 Å². The number of likely N-dealkylation sites (tertiary alicyclic amines) is 1. The Morgan fingerprint density at radius 2 is 1.87 bits per heavy atom. The van der Waals surface area contributed by atoms with Crippen LogP contribution in [0.3, 0.4) is 0 Å². The molecule has 0 aromatic heterocycles. The van der Waals surface area contributed by atoms with Gasteiger partial charge in [0.2, 0.25) is 0 Å². The minimum Gasteiger partial charge on any atom is -0.493 e. The van der Waals surface area contributed by atoms with E-state index >= 15 is 0 Å². The van der Waals surface area contributed by atoms with Gasteiger partial charge in [-0.2, -0.15) is 0 Å². The number of hydrogen-bond acceptors (Lipinski definition) is 4. The first-order chi connectivity index (χ1) is 14.0. The molecule has 4 rings (SSSR count). The fourth-order valence-corrected chi connectivity index (χ4v) is 4.17. The minimum atomic E-state index is -0.0407. The number of piperidine rings is 1. The van der Waals surface area contributed by atoms with E-state index in [2.05, 4.69) is 11.8 Å². The quantitative estimate of drug-likeness (QED) is 0.617. The molecule has 1 saturated heterocycles. The summed E-state index contributed by atoms with van der Waals surface area (Å²) >= 11 is 6.07. The summed E-state index contributed by atoms with van der Waals surface area (Å²) in [6.07, 6.45) is 2.50. The molecule has 2 heterocycles. The molecule has 7 heteroatoms. The highest BCUT2D eigenvalue weighted by molar-refractivity contribution is 6.31. The maximum Gasteiger partial charge on any atom is 0.258 e. The molecular weight excluding hydrogens is 423 g/mol. The van der Waals surface area contributed by atoms with E-state index in [1.54, 1.807) is 18.1 Å². The van der Waals surface area contributed by atoms with Crippen molar-refractivity contribution >= 4 is 35.6 Å². The summed E-state index contributed by atoms with van der Waals surface area (Å²) in [5, 5.41) is 0.574. The smallest absolute Gasteiger partial charge is 0.258 e. The first-order valence-electron chi connectivity index (χ1n) is 10.2. The molecular formula is C23H28Cl2N2O3. The van der Waals surface area contributed by atoms with Crippen molar-refractivity contribution in [1.29, 1.82) is 0 Å². The second-order valence-electron chi connectivity index (χ2n) is 7.90. The van der Waals surface area contributed by atoms with Crippen molar-refractivity contribution in [2.75, 3.05) is 38.3 Å². The van der Waals surface area contributed by atoms with Crippen molar-refractivity contribution in [2.45, 2.75) is 26.3 Å². The highest BCUT2D eigenvalue weighted by Gasteiger charge is 2.29. The van der Waals surface area contributed by atoms with Crippen molar-refractivity contribution in [3.8, 4) is 11.5 Å². The molecule has 5 nitrogen and oxygen atoms in total. The third-order valence-corrected chi connectivity index (χ3v) is 6.11. The maximum atomic E-state index is 12.9. The predicted octanol–water partition coefficient (Wildman–Crippen LogP) is 5.04. The second kappa shape index (κ2) is 9.90. The number of rotatable bonds is 6. The third-order valence-electron chi connectivity index (χ3n) is 5.88. The number of nitrogens with zero attached hydrogens (tertiary/aromatic N) is 2. The first-order valence-corrected chi connectivity index (χ1v) is 10.6. The van der Waals surface area contributed by atoms with Crippen molar-refractivity contribution < 1.29 is 14.3 Å². The van der Waals surface area contributed by atoms with Gasteiger partial charge in [-0.1, -0.05) is 24.6 Å². The lowest BCUT2D eigenvalue weighted by Gasteiger charge is -2.30. The molecule has 2 aliphatic rings. The Hall–Kier alpha value is -1.95. The number of ether oxygens (including phenoxy) is 2. The Bertz CT molecular complexity index is 898. The number of carbonyl (C=O) groups excluding carboxylic acids is 1. The highest BCUT2D eigenvalue weighted by atomic mass is 35.5. The molecule has 2 aliphatic heterocycles. The Labute approximate surface area is 189 Å². The van der Waals surface area contributed by atoms with Gasteiger partial charge in [0.05, 0.1) is 13.7 Å². The van der Waals surface area contributed by atoms with Crippen molar-refractivity contribution in [1.82, 2.24) is 4.90 Å². The number of benzene rings is 2. The van der Waals surface area contributed by atoms with Gasteiger partial charge in [-0.15, -0.1) is 12.4 Å². The van der Waals surface area contributed by atoms with Crippen LogP contribution in [-0.4, -0.2) is 44.2 Å². The summed E-state index contributed by atoms with van der Waals surface area (Å²) in [6, 6.07) is 11.1. The van der Waals surface area contributed by atoms with Gasteiger partial charge in [0.1, 0.15) is 6.61 Å². The summed E-state index contributed by atoms with van der Waals surface area (Å²) < 4.78 is 11.5. The van der Waals surface area contributed by atoms with Crippen LogP contribution in [0.5, 0.6) is 11.5 Å². The van der Waals surface area contributed by atoms with Crippen LogP contribution in [0.4, 0.5) is 5.69 Å². The second-order valence-corrected chi connectivity index (χ2v) is 8.34. The summed E-state index contributed by atoms with van der Waals surface area (Å²) in [5.74, 6) is 2.12. The largest absolute Gasteiger partial charge is 0.493 e. The van der Waals surface area contributed by atoms with Crippen LogP contribution >= 0.6 is 24.0 Å². The first kappa shape index (κ1) is 22.7. The number of fused-ring (bicyclic) bond motifs is 1. The van der Waals surface area contributed by atoms with Crippen LogP contribution in [0.2, 0.25) is 5.02 Å². The van der Waals surface area contributed by atoms with Gasteiger partial charge in [0.25, 0.3) is 5.91 Å². The molecule has 1 fully saturated rings. The summed E-state index contributed by atoms with van der Waals surface area (Å²) in [5.41, 5.74) is 2.44. The molecule has 0 N–H and O–H groups in total. The predicted molar refractivity (Wildman–Crippen MR) is 123 cm³/mol. The van der Waals surface area contributed by atoms with Gasteiger partial charge in [-0.25, -0.2) is 0 Å². The van der Waals surface area contributed by atoms with Crippen LogP contribution in [0, 0.1) is 5.92 Å². The number of amides is 1. The summed E-state index contributed by atoms with van der Waals surface area (Å²) in [7, 11) is 1.63. The zero-order valence-corrected chi connectivity index (χ0v) is 19.0. The molecule has 0 aliphatic carbocycles. The van der Waals surface area contributed by atoms with E-state index in [-0.39, 0.29) is 18.3 Å². The van der Waals surface area contributed by atoms with Crippen LogP contribution in [0.1, 0.15) is 35.7 Å². The lowest BCUT2D eigenvalue weighted by molar-refractivity contribution is 0.0996. The van der Waals surface area contributed by atoms with E-state index < -0.39 is 0 Å². The fraction of sp³-hybridized carbons (Fsp3) is 0.435. The molecule has 30 heavy (non-hydrogen) atoms. The number of methoxy groups -OCH3 is 1. The SMILES string of the molecule is COc1ccc(N2Cc3ccc(Cl)cc3C2=O)cc1OCCN1CCC(C)CC1.Cl. The molecule has 162 valence electrons. The van der Waals surface area contributed by atoms with Crippen LogP contribution < -0.4 is 14.4 Å². The van der Waals surface area contributed by atoms with Crippen molar-refractivity contribution in [3.63, 3.8) is 0 Å². The molecule has 0 saturated carbocycles. The van der Waals surface area contributed by atoms with Crippen molar-refractivity contribution in [2.24, 2.45) is 5.92 Å².